The molecule has 0 unspecified atom stereocenters. The van der Waals surface area contributed by atoms with Crippen LogP contribution in [0.4, 0.5) is 11.4 Å². The molecular formula is C14H18BrN3O3. The van der Waals surface area contributed by atoms with E-state index in [0.29, 0.717) is 28.7 Å². The van der Waals surface area contributed by atoms with Gasteiger partial charge in [-0.25, -0.2) is 0 Å². The van der Waals surface area contributed by atoms with Gasteiger partial charge in [-0.3, -0.25) is 14.9 Å². The van der Waals surface area contributed by atoms with E-state index in [1.807, 2.05) is 0 Å². The van der Waals surface area contributed by atoms with Crippen LogP contribution in [0.1, 0.15) is 31.2 Å². The number of hydrogen-bond acceptors (Lipinski definition) is 4. The Labute approximate surface area is 131 Å². The van der Waals surface area contributed by atoms with Crippen LogP contribution in [0, 0.1) is 22.5 Å². The number of carbonyl (C=O) groups excluding carboxylic acids is 1. The third kappa shape index (κ3) is 3.41. The molecule has 114 valence electrons. The summed E-state index contributed by atoms with van der Waals surface area (Å²) in [5.74, 6) is -0.154. The molecule has 0 aliphatic heterocycles. The van der Waals surface area contributed by atoms with Crippen LogP contribution in [0.5, 0.6) is 0 Å². The van der Waals surface area contributed by atoms with Crippen molar-refractivity contribution in [2.45, 2.75) is 32.6 Å². The second kappa shape index (κ2) is 6.11. The molecule has 1 aliphatic carbocycles. The maximum Gasteiger partial charge on any atom is 0.274 e. The number of nitro benzene ring substituents is 1. The molecule has 2 rings (SSSR count). The second-order valence-corrected chi connectivity index (χ2v) is 6.51. The molecule has 0 spiro atoms. The minimum Gasteiger partial charge on any atom is -0.330 e. The van der Waals surface area contributed by atoms with Gasteiger partial charge in [0.15, 0.2) is 0 Å². The zero-order chi connectivity index (χ0) is 15.6. The monoisotopic (exact) mass is 355 g/mol. The Kier molecular flexibility index (Phi) is 4.63. The molecule has 1 amide bonds. The van der Waals surface area contributed by atoms with E-state index in [0.717, 1.165) is 19.3 Å². The van der Waals surface area contributed by atoms with Gasteiger partial charge in [0, 0.05) is 22.5 Å². The van der Waals surface area contributed by atoms with Crippen LogP contribution in [0.3, 0.4) is 0 Å². The number of benzene rings is 1. The number of nitrogens with one attached hydrogen (secondary N) is 1. The minimum atomic E-state index is -0.454. The standard InChI is InChI=1S/C14H18BrN3O3/c1-9-5-10(15)11(6-12(9)18(20)21)17-13(19)7-14(8-16)3-2-4-14/h5-6H,2-4,7-8,16H2,1H3,(H,17,19). The van der Waals surface area contributed by atoms with Gasteiger partial charge in [0.1, 0.15) is 0 Å². The number of aryl methyl sites for hydroxylation is 1. The summed E-state index contributed by atoms with van der Waals surface area (Å²) in [6, 6.07) is 3.02. The van der Waals surface area contributed by atoms with Crippen LogP contribution in [0.2, 0.25) is 0 Å². The van der Waals surface area contributed by atoms with Crippen LogP contribution in [-0.4, -0.2) is 17.4 Å². The third-order valence-electron chi connectivity index (χ3n) is 4.14. The van der Waals surface area contributed by atoms with Gasteiger partial charge < -0.3 is 11.1 Å². The molecule has 3 N–H and O–H groups in total. The first-order chi connectivity index (χ1) is 9.87. The SMILES string of the molecule is Cc1cc(Br)c(NC(=O)CC2(CN)CCC2)cc1[N+](=O)[O-]. The molecule has 1 saturated carbocycles. The topological polar surface area (TPSA) is 98.3 Å². The van der Waals surface area contributed by atoms with Crippen molar-refractivity contribution in [2.75, 3.05) is 11.9 Å². The fourth-order valence-corrected chi connectivity index (χ4v) is 3.18. The average Bonchev–Trinajstić information content (AvgIpc) is 2.36. The van der Waals surface area contributed by atoms with E-state index in [-0.39, 0.29) is 17.0 Å². The lowest BCUT2D eigenvalue weighted by molar-refractivity contribution is -0.385. The lowest BCUT2D eigenvalue weighted by Crippen LogP contribution is -2.40. The van der Waals surface area contributed by atoms with E-state index in [4.69, 9.17) is 5.73 Å². The van der Waals surface area contributed by atoms with E-state index in [1.165, 1.54) is 6.07 Å². The van der Waals surface area contributed by atoms with Crippen LogP contribution in [0.25, 0.3) is 0 Å². The van der Waals surface area contributed by atoms with Crippen molar-refractivity contribution in [1.82, 2.24) is 0 Å². The number of rotatable bonds is 5. The lowest BCUT2D eigenvalue weighted by atomic mass is 9.66. The molecule has 1 aromatic rings. The molecule has 1 fully saturated rings. The number of halogens is 1. The van der Waals surface area contributed by atoms with Gasteiger partial charge in [-0.2, -0.15) is 0 Å². The quantitative estimate of drug-likeness (QED) is 0.626. The summed E-state index contributed by atoms with van der Waals surface area (Å²) >= 11 is 3.32. The van der Waals surface area contributed by atoms with E-state index in [9.17, 15) is 14.9 Å². The van der Waals surface area contributed by atoms with Crippen LogP contribution in [-0.2, 0) is 4.79 Å². The van der Waals surface area contributed by atoms with Crippen molar-refractivity contribution in [3.05, 3.63) is 32.3 Å². The van der Waals surface area contributed by atoms with E-state index in [2.05, 4.69) is 21.2 Å². The van der Waals surface area contributed by atoms with Crippen molar-refractivity contribution in [2.24, 2.45) is 11.1 Å². The first kappa shape index (κ1) is 15.9. The molecule has 1 aromatic carbocycles. The molecule has 0 radical (unpaired) electrons. The van der Waals surface area contributed by atoms with Crippen molar-refractivity contribution in [3.63, 3.8) is 0 Å². The minimum absolute atomic E-state index is 0.00863. The van der Waals surface area contributed by atoms with Gasteiger partial charge in [-0.1, -0.05) is 6.42 Å². The molecule has 0 heterocycles. The van der Waals surface area contributed by atoms with Crippen molar-refractivity contribution < 1.29 is 9.72 Å². The number of anilines is 1. The molecule has 7 heteroatoms. The van der Waals surface area contributed by atoms with Crippen LogP contribution >= 0.6 is 15.9 Å². The van der Waals surface area contributed by atoms with E-state index in [1.54, 1.807) is 13.0 Å². The molecule has 1 aliphatic rings. The summed E-state index contributed by atoms with van der Waals surface area (Å²) in [6.45, 7) is 2.15. The fraction of sp³-hybridized carbons (Fsp3) is 0.500. The Morgan fingerprint density at radius 1 is 1.52 bits per heavy atom. The highest BCUT2D eigenvalue weighted by Gasteiger charge is 2.37. The van der Waals surface area contributed by atoms with Gasteiger partial charge >= 0.3 is 0 Å². The summed E-state index contributed by atoms with van der Waals surface area (Å²) in [5, 5.41) is 13.7. The van der Waals surface area contributed by atoms with Gasteiger partial charge in [0.05, 0.1) is 10.6 Å². The Morgan fingerprint density at radius 2 is 2.19 bits per heavy atom. The van der Waals surface area contributed by atoms with E-state index < -0.39 is 4.92 Å². The summed E-state index contributed by atoms with van der Waals surface area (Å²) in [6.07, 6.45) is 3.39. The van der Waals surface area contributed by atoms with Crippen LogP contribution < -0.4 is 11.1 Å². The molecule has 0 atom stereocenters. The predicted molar refractivity (Wildman–Crippen MR) is 84.1 cm³/mol. The summed E-state index contributed by atoms with van der Waals surface area (Å²) in [4.78, 5) is 22.6. The van der Waals surface area contributed by atoms with E-state index >= 15 is 0 Å². The highest BCUT2D eigenvalue weighted by molar-refractivity contribution is 9.10. The maximum atomic E-state index is 12.1. The number of nitrogens with two attached hydrogens (primary N) is 1. The van der Waals surface area contributed by atoms with Crippen LogP contribution in [0.15, 0.2) is 16.6 Å². The zero-order valence-electron chi connectivity index (χ0n) is 11.8. The van der Waals surface area contributed by atoms with Gasteiger partial charge in [0.25, 0.3) is 5.69 Å². The Hall–Kier alpha value is -1.47. The van der Waals surface area contributed by atoms with Gasteiger partial charge in [-0.15, -0.1) is 0 Å². The summed E-state index contributed by atoms with van der Waals surface area (Å²) in [7, 11) is 0. The largest absolute Gasteiger partial charge is 0.330 e. The number of carbonyl (C=O) groups is 1. The molecule has 6 nitrogen and oxygen atoms in total. The third-order valence-corrected chi connectivity index (χ3v) is 4.80. The zero-order valence-corrected chi connectivity index (χ0v) is 13.4. The molecule has 21 heavy (non-hydrogen) atoms. The fourth-order valence-electron chi connectivity index (χ4n) is 2.62. The molecule has 0 saturated heterocycles. The number of hydrogen-bond donors (Lipinski definition) is 2. The number of nitro groups is 1. The molecular weight excluding hydrogens is 338 g/mol. The maximum absolute atomic E-state index is 12.1. The van der Waals surface area contributed by atoms with Crippen molar-refractivity contribution in [3.8, 4) is 0 Å². The highest BCUT2D eigenvalue weighted by Crippen LogP contribution is 2.43. The molecule has 0 bridgehead atoms. The van der Waals surface area contributed by atoms with Crippen molar-refractivity contribution >= 4 is 33.2 Å². The predicted octanol–water partition coefficient (Wildman–Crippen LogP) is 3.12. The average molecular weight is 356 g/mol. The van der Waals surface area contributed by atoms with Crippen molar-refractivity contribution in [1.29, 1.82) is 0 Å². The first-order valence-corrected chi connectivity index (χ1v) is 7.61. The van der Waals surface area contributed by atoms with Gasteiger partial charge in [-0.05, 0) is 53.7 Å². The second-order valence-electron chi connectivity index (χ2n) is 5.66. The lowest BCUT2D eigenvalue weighted by Gasteiger charge is -2.40. The summed E-state index contributed by atoms with van der Waals surface area (Å²) < 4.78 is 0.634. The Morgan fingerprint density at radius 3 is 2.67 bits per heavy atom. The first-order valence-electron chi connectivity index (χ1n) is 6.81. The highest BCUT2D eigenvalue weighted by atomic mass is 79.9. The summed E-state index contributed by atoms with van der Waals surface area (Å²) in [5.41, 5.74) is 6.61. The van der Waals surface area contributed by atoms with Gasteiger partial charge in [0.2, 0.25) is 5.91 Å². The Bertz CT molecular complexity index is 580. The Balaban J connectivity index is 2.13. The normalized spacial score (nSPS) is 16.1. The molecule has 0 aromatic heterocycles. The smallest absolute Gasteiger partial charge is 0.274 e. The number of nitrogens with zero attached hydrogens (tertiary/aromatic N) is 1. The number of amides is 1.